The summed E-state index contributed by atoms with van der Waals surface area (Å²) in [6, 6.07) is 41.0. The zero-order valence-electron chi connectivity index (χ0n) is 20.4. The van der Waals surface area contributed by atoms with Gasteiger partial charge in [-0.15, -0.1) is 0 Å². The van der Waals surface area contributed by atoms with Crippen molar-refractivity contribution in [3.05, 3.63) is 133 Å². The minimum Gasteiger partial charge on any atom is -0.256 e. The molecule has 6 aromatic rings. The first-order valence-electron chi connectivity index (χ1n) is 12.2. The molecule has 4 heteroatoms. The number of nitrogens with zero attached hydrogens (tertiary/aromatic N) is 4. The predicted octanol–water partition coefficient (Wildman–Crippen LogP) is 7.91. The van der Waals surface area contributed by atoms with E-state index in [1.54, 1.807) is 0 Å². The lowest BCUT2D eigenvalue weighted by Crippen LogP contribution is -2.00. The molecule has 37 heavy (non-hydrogen) atoms. The van der Waals surface area contributed by atoms with Crippen molar-refractivity contribution in [2.45, 2.75) is 6.92 Å². The minimum atomic E-state index is 0.645. The van der Waals surface area contributed by atoms with E-state index in [1.165, 1.54) is 5.56 Å². The summed E-state index contributed by atoms with van der Waals surface area (Å²) in [6.45, 7) is 2.12. The Morgan fingerprint density at radius 2 is 0.973 bits per heavy atom. The molecule has 4 nitrogen and oxygen atoms in total. The van der Waals surface area contributed by atoms with Gasteiger partial charge in [0.25, 0.3) is 0 Å². The molecular weight excluding hydrogens is 452 g/mol. The Balaban J connectivity index is 1.46. The predicted molar refractivity (Wildman–Crippen MR) is 150 cm³/mol. The lowest BCUT2D eigenvalue weighted by molar-refractivity contribution is 1.07. The molecule has 0 radical (unpaired) electrons. The van der Waals surface area contributed by atoms with E-state index >= 15 is 0 Å². The van der Waals surface area contributed by atoms with Gasteiger partial charge in [0.2, 0.25) is 0 Å². The van der Waals surface area contributed by atoms with Crippen LogP contribution in [0.25, 0.3) is 56.5 Å². The summed E-state index contributed by atoms with van der Waals surface area (Å²) in [6.07, 6.45) is 1.83. The molecule has 0 N–H and O–H groups in total. The van der Waals surface area contributed by atoms with Crippen molar-refractivity contribution in [3.63, 3.8) is 0 Å². The van der Waals surface area contributed by atoms with E-state index in [0.29, 0.717) is 17.5 Å². The van der Waals surface area contributed by atoms with Crippen molar-refractivity contribution in [2.24, 2.45) is 0 Å². The molecule has 0 fully saturated rings. The molecule has 4 aromatic carbocycles. The molecule has 0 aliphatic rings. The average Bonchev–Trinajstić information content (AvgIpc) is 2.98. The van der Waals surface area contributed by atoms with Crippen LogP contribution in [-0.4, -0.2) is 19.9 Å². The van der Waals surface area contributed by atoms with Crippen LogP contribution < -0.4 is 0 Å². The fourth-order valence-electron chi connectivity index (χ4n) is 4.38. The number of pyridine rings is 1. The fraction of sp³-hybridized carbons (Fsp3) is 0.0303. The van der Waals surface area contributed by atoms with Crippen LogP contribution in [0.15, 0.2) is 128 Å². The molecule has 0 spiro atoms. The Morgan fingerprint density at radius 1 is 0.432 bits per heavy atom. The smallest absolute Gasteiger partial charge is 0.164 e. The Labute approximate surface area is 216 Å². The molecule has 0 atom stereocenters. The molecule has 6 rings (SSSR count). The average molecular weight is 477 g/mol. The highest BCUT2D eigenvalue weighted by molar-refractivity contribution is 5.77. The Bertz CT molecular complexity index is 1610. The Hall–Kier alpha value is -4.96. The van der Waals surface area contributed by atoms with Crippen molar-refractivity contribution < 1.29 is 0 Å². The van der Waals surface area contributed by atoms with E-state index in [9.17, 15) is 0 Å². The van der Waals surface area contributed by atoms with Crippen molar-refractivity contribution in [1.29, 1.82) is 0 Å². The van der Waals surface area contributed by atoms with E-state index in [-0.39, 0.29) is 0 Å². The largest absolute Gasteiger partial charge is 0.256 e. The van der Waals surface area contributed by atoms with Crippen molar-refractivity contribution in [3.8, 4) is 56.5 Å². The third-order valence-corrected chi connectivity index (χ3v) is 6.33. The maximum atomic E-state index is 4.88. The highest BCUT2D eigenvalue weighted by Crippen LogP contribution is 2.31. The number of aromatic nitrogens is 4. The fourth-order valence-corrected chi connectivity index (χ4v) is 4.38. The SMILES string of the molecule is Cc1ccc(-c2cccc(-c3nc(-c4ccccc4)nc(-c4ccccc4)n3)c2)cc1-c1ccccn1. The molecule has 0 saturated heterocycles. The van der Waals surface area contributed by atoms with Crippen LogP contribution in [0.4, 0.5) is 0 Å². The molecule has 0 aliphatic carbocycles. The zero-order valence-corrected chi connectivity index (χ0v) is 20.4. The number of rotatable bonds is 5. The van der Waals surface area contributed by atoms with E-state index < -0.39 is 0 Å². The van der Waals surface area contributed by atoms with Gasteiger partial charge in [-0.3, -0.25) is 4.98 Å². The second-order valence-electron chi connectivity index (χ2n) is 8.86. The van der Waals surface area contributed by atoms with Crippen LogP contribution >= 0.6 is 0 Å². The second kappa shape index (κ2) is 9.96. The van der Waals surface area contributed by atoms with Gasteiger partial charge < -0.3 is 0 Å². The third-order valence-electron chi connectivity index (χ3n) is 6.33. The lowest BCUT2D eigenvalue weighted by atomic mass is 9.96. The van der Waals surface area contributed by atoms with Crippen molar-refractivity contribution in [1.82, 2.24) is 19.9 Å². The van der Waals surface area contributed by atoms with Crippen molar-refractivity contribution >= 4 is 0 Å². The number of hydrogen-bond acceptors (Lipinski definition) is 4. The third kappa shape index (κ3) is 4.78. The number of hydrogen-bond donors (Lipinski definition) is 0. The summed E-state index contributed by atoms with van der Waals surface area (Å²) in [5, 5.41) is 0. The summed E-state index contributed by atoms with van der Waals surface area (Å²) < 4.78 is 0. The molecule has 0 saturated carbocycles. The zero-order chi connectivity index (χ0) is 25.0. The second-order valence-corrected chi connectivity index (χ2v) is 8.86. The molecule has 2 heterocycles. The molecule has 176 valence electrons. The summed E-state index contributed by atoms with van der Waals surface area (Å²) >= 11 is 0. The van der Waals surface area contributed by atoms with Gasteiger partial charge in [0.1, 0.15) is 0 Å². The molecule has 2 aromatic heterocycles. The van der Waals surface area contributed by atoms with Crippen molar-refractivity contribution in [2.75, 3.05) is 0 Å². The lowest BCUT2D eigenvalue weighted by Gasteiger charge is -2.11. The van der Waals surface area contributed by atoms with Gasteiger partial charge in [-0.25, -0.2) is 15.0 Å². The van der Waals surface area contributed by atoms with Gasteiger partial charge in [0.15, 0.2) is 17.5 Å². The quantitative estimate of drug-likeness (QED) is 0.254. The van der Waals surface area contributed by atoms with Crippen LogP contribution in [0, 0.1) is 6.92 Å². The van der Waals surface area contributed by atoms with E-state index in [0.717, 1.165) is 39.1 Å². The van der Waals surface area contributed by atoms with E-state index in [2.05, 4.69) is 54.4 Å². The number of benzene rings is 4. The topological polar surface area (TPSA) is 51.6 Å². The summed E-state index contributed by atoms with van der Waals surface area (Å²) in [5.74, 6) is 1.96. The molecule has 0 aliphatic heterocycles. The minimum absolute atomic E-state index is 0.645. The van der Waals surface area contributed by atoms with Gasteiger partial charge in [0, 0.05) is 28.5 Å². The Kier molecular flexibility index (Phi) is 6.05. The van der Waals surface area contributed by atoms with Crippen LogP contribution in [0.5, 0.6) is 0 Å². The first-order chi connectivity index (χ1) is 18.2. The molecule has 0 amide bonds. The summed E-state index contributed by atoms with van der Waals surface area (Å²) in [4.78, 5) is 19.1. The van der Waals surface area contributed by atoms with E-state index in [1.807, 2.05) is 85.1 Å². The van der Waals surface area contributed by atoms with Crippen LogP contribution in [0.1, 0.15) is 5.56 Å². The van der Waals surface area contributed by atoms with Gasteiger partial charge in [-0.05, 0) is 47.9 Å². The highest BCUT2D eigenvalue weighted by atomic mass is 15.0. The van der Waals surface area contributed by atoms with Gasteiger partial charge in [-0.2, -0.15) is 0 Å². The van der Waals surface area contributed by atoms with Gasteiger partial charge >= 0.3 is 0 Å². The number of aryl methyl sites for hydroxylation is 1. The van der Waals surface area contributed by atoms with Gasteiger partial charge in [-0.1, -0.05) is 97.1 Å². The highest BCUT2D eigenvalue weighted by Gasteiger charge is 2.13. The van der Waals surface area contributed by atoms with E-state index in [4.69, 9.17) is 15.0 Å². The monoisotopic (exact) mass is 476 g/mol. The standard InChI is InChI=1S/C33H24N4/c1-23-18-19-27(22-29(23)30-17-8-9-20-34-30)26-15-10-16-28(21-26)33-36-31(24-11-4-2-5-12-24)35-32(37-33)25-13-6-3-7-14-25/h2-22H,1H3. The normalized spacial score (nSPS) is 10.8. The first-order valence-corrected chi connectivity index (χ1v) is 12.2. The van der Waals surface area contributed by atoms with Crippen LogP contribution in [0.2, 0.25) is 0 Å². The summed E-state index contributed by atoms with van der Waals surface area (Å²) in [5.41, 5.74) is 8.35. The van der Waals surface area contributed by atoms with Gasteiger partial charge in [0.05, 0.1) is 5.69 Å². The van der Waals surface area contributed by atoms with Crippen LogP contribution in [-0.2, 0) is 0 Å². The van der Waals surface area contributed by atoms with Crippen LogP contribution in [0.3, 0.4) is 0 Å². The maximum Gasteiger partial charge on any atom is 0.164 e. The Morgan fingerprint density at radius 3 is 1.59 bits per heavy atom. The molecule has 0 bridgehead atoms. The summed E-state index contributed by atoms with van der Waals surface area (Å²) in [7, 11) is 0. The first kappa shape index (κ1) is 22.5. The molecular formula is C33H24N4. The maximum absolute atomic E-state index is 4.88. The molecule has 0 unspecified atom stereocenters.